The Bertz CT molecular complexity index is 2850. The predicted octanol–water partition coefficient (Wildman–Crippen LogP) is 13.1. The van der Waals surface area contributed by atoms with Crippen LogP contribution in [0, 0.1) is 0 Å². The van der Waals surface area contributed by atoms with Gasteiger partial charge in [0.2, 0.25) is 11.8 Å². The van der Waals surface area contributed by atoms with Gasteiger partial charge in [-0.05, 0) is 180 Å². The molecule has 4 N–H and O–H groups in total. The first kappa shape index (κ1) is 68.2. The van der Waals surface area contributed by atoms with Crippen LogP contribution >= 0.6 is 0 Å². The van der Waals surface area contributed by atoms with E-state index in [4.69, 9.17) is 23.7 Å². The maximum atomic E-state index is 13.8. The van der Waals surface area contributed by atoms with E-state index in [1.54, 1.807) is 0 Å². The second kappa shape index (κ2) is 33.2. The van der Waals surface area contributed by atoms with Crippen molar-refractivity contribution in [2.45, 2.75) is 174 Å². The van der Waals surface area contributed by atoms with Crippen LogP contribution in [0.15, 0.2) is 84.9 Å². The number of amides is 4. The van der Waals surface area contributed by atoms with Gasteiger partial charge in [-0.3, -0.25) is 19.2 Å². The van der Waals surface area contributed by atoms with Crippen molar-refractivity contribution in [3.05, 3.63) is 141 Å². The highest BCUT2D eigenvalue weighted by Gasteiger charge is 2.38. The van der Waals surface area contributed by atoms with E-state index < -0.39 is 6.04 Å². The number of benzene rings is 4. The normalized spacial score (nSPS) is 16.2. The number of carbonyl (C=O) groups excluding carboxylic acids is 4. The topological polar surface area (TPSA) is 163 Å². The largest absolute Gasteiger partial charge is 0.379 e. The summed E-state index contributed by atoms with van der Waals surface area (Å²) in [4.78, 5) is 52.8. The molecule has 0 saturated carbocycles. The number of hydrogen-bond acceptors (Lipinski definition) is 9. The summed E-state index contributed by atoms with van der Waals surface area (Å²) in [6.07, 6.45) is 13.2. The fraction of sp³-hybridized carbons (Fsp3) is 0.556. The standard InChI is InChI=1S/C72H102N4O9/c1-12-38-81-42-45-84-41-30-65(77)73-36-15-39-82-43-46-85-47-44-83-40-16-37-75-68(80)64(76-67(79)57-24-20-55(21-25-57)49-53(3)59-27-29-61-63(51-59)72(10,11)34-32-70(61,6)7)17-13-14-35-74-66(78)56-22-18-54(19-23-56)48-52(2)58-26-28-60-62(50-58)71(8,9)33-31-69(60,4)5/h18-29,48-51,64H,12-17,30-47H2,1-11H3,(H,73,77)(H,74,78)(H,75,80)(H,76,79)/b52-48+,53-49+/t64-/m1/s1. The fourth-order valence-electron chi connectivity index (χ4n) is 11.3. The van der Waals surface area contributed by atoms with Crippen LogP contribution in [-0.4, -0.2) is 115 Å². The summed E-state index contributed by atoms with van der Waals surface area (Å²) in [7, 11) is 0. The van der Waals surface area contributed by atoms with Gasteiger partial charge in [-0.1, -0.05) is 135 Å². The summed E-state index contributed by atoms with van der Waals surface area (Å²) in [6.45, 7) is 31.2. The van der Waals surface area contributed by atoms with E-state index in [0.717, 1.165) is 36.1 Å². The van der Waals surface area contributed by atoms with Crippen LogP contribution in [0.1, 0.15) is 212 Å². The maximum absolute atomic E-state index is 13.8. The molecule has 0 saturated heterocycles. The molecule has 0 fully saturated rings. The van der Waals surface area contributed by atoms with Crippen molar-refractivity contribution in [1.82, 2.24) is 21.3 Å². The van der Waals surface area contributed by atoms with Crippen LogP contribution in [0.25, 0.3) is 23.3 Å². The van der Waals surface area contributed by atoms with Gasteiger partial charge in [0.25, 0.3) is 11.8 Å². The summed E-state index contributed by atoms with van der Waals surface area (Å²) in [5, 5.41) is 11.9. The van der Waals surface area contributed by atoms with Crippen molar-refractivity contribution in [1.29, 1.82) is 0 Å². The van der Waals surface area contributed by atoms with E-state index in [2.05, 4.69) is 146 Å². The Morgan fingerprint density at radius 3 is 1.33 bits per heavy atom. The molecule has 4 aromatic carbocycles. The van der Waals surface area contributed by atoms with Crippen LogP contribution in [0.5, 0.6) is 0 Å². The molecule has 4 aromatic rings. The van der Waals surface area contributed by atoms with Gasteiger partial charge >= 0.3 is 0 Å². The number of nitrogens with one attached hydrogen (secondary N) is 4. The molecule has 0 heterocycles. The monoisotopic (exact) mass is 1170 g/mol. The summed E-state index contributed by atoms with van der Waals surface area (Å²) in [6, 6.07) is 28.3. The molecule has 0 aromatic heterocycles. The highest BCUT2D eigenvalue weighted by Crippen LogP contribution is 2.48. The van der Waals surface area contributed by atoms with E-state index in [-0.39, 0.29) is 45.3 Å². The number of allylic oxidation sites excluding steroid dienone is 2. The molecule has 0 bridgehead atoms. The third-order valence-electron chi connectivity index (χ3n) is 17.0. The first-order chi connectivity index (χ1) is 40.6. The summed E-state index contributed by atoms with van der Waals surface area (Å²) in [5.41, 5.74) is 14.1. The van der Waals surface area contributed by atoms with E-state index in [1.165, 1.54) is 58.2 Å². The average molecular weight is 1170 g/mol. The van der Waals surface area contributed by atoms with E-state index >= 15 is 0 Å². The van der Waals surface area contributed by atoms with E-state index in [0.29, 0.717) is 129 Å². The predicted molar refractivity (Wildman–Crippen MR) is 345 cm³/mol. The van der Waals surface area contributed by atoms with Gasteiger partial charge in [0.1, 0.15) is 6.04 Å². The molecule has 464 valence electrons. The Morgan fingerprint density at radius 2 is 0.847 bits per heavy atom. The molecule has 1 atom stereocenters. The van der Waals surface area contributed by atoms with Crippen molar-refractivity contribution in [2.24, 2.45) is 0 Å². The highest BCUT2D eigenvalue weighted by molar-refractivity contribution is 5.98. The third kappa shape index (κ3) is 21.4. The van der Waals surface area contributed by atoms with Crippen LogP contribution < -0.4 is 21.3 Å². The van der Waals surface area contributed by atoms with Gasteiger partial charge in [0, 0.05) is 57.0 Å². The molecule has 0 radical (unpaired) electrons. The van der Waals surface area contributed by atoms with Crippen LogP contribution in [0.4, 0.5) is 0 Å². The molecule has 0 aliphatic heterocycles. The SMILES string of the molecule is CCCOCCOCCC(=O)NCCCOCCOCCOCCCNC(=O)[C@@H](CCCCNC(=O)c1ccc(/C=C(\C)c2ccc3c(c2)C(C)(C)CCC3(C)C)cc1)NC(=O)c1ccc(/C=C(\C)c2ccc3c(c2)C(C)(C)CCC3(C)C)cc1. The van der Waals surface area contributed by atoms with Crippen molar-refractivity contribution in [3.8, 4) is 0 Å². The smallest absolute Gasteiger partial charge is 0.251 e. The summed E-state index contributed by atoms with van der Waals surface area (Å²) < 4.78 is 27.8. The number of hydrogen-bond donors (Lipinski definition) is 4. The van der Waals surface area contributed by atoms with Crippen molar-refractivity contribution < 1.29 is 42.9 Å². The molecule has 0 spiro atoms. The molecule has 2 aliphatic rings. The van der Waals surface area contributed by atoms with Gasteiger partial charge in [0.05, 0.1) is 46.2 Å². The minimum atomic E-state index is -0.784. The third-order valence-corrected chi connectivity index (χ3v) is 17.0. The Morgan fingerprint density at radius 1 is 0.447 bits per heavy atom. The lowest BCUT2D eigenvalue weighted by molar-refractivity contribution is -0.123. The van der Waals surface area contributed by atoms with E-state index in [1.807, 2.05) is 48.5 Å². The lowest BCUT2D eigenvalue weighted by Crippen LogP contribution is -2.47. The number of ether oxygens (including phenoxy) is 5. The van der Waals surface area contributed by atoms with Crippen LogP contribution in [0.3, 0.4) is 0 Å². The molecule has 4 amide bonds. The lowest BCUT2D eigenvalue weighted by atomic mass is 9.63. The molecule has 2 aliphatic carbocycles. The minimum absolute atomic E-state index is 0.0435. The lowest BCUT2D eigenvalue weighted by Gasteiger charge is -2.42. The molecule has 85 heavy (non-hydrogen) atoms. The summed E-state index contributed by atoms with van der Waals surface area (Å²) >= 11 is 0. The first-order valence-corrected chi connectivity index (χ1v) is 31.5. The molecule has 6 rings (SSSR count). The van der Waals surface area contributed by atoms with Gasteiger partial charge < -0.3 is 45.0 Å². The Kier molecular flexibility index (Phi) is 26.7. The zero-order chi connectivity index (χ0) is 61.5. The number of fused-ring (bicyclic) bond motifs is 2. The number of unbranched alkanes of at least 4 members (excludes halogenated alkanes) is 1. The average Bonchev–Trinajstić information content (AvgIpc) is 3.61. The zero-order valence-corrected chi connectivity index (χ0v) is 53.5. The van der Waals surface area contributed by atoms with Gasteiger partial charge in [-0.25, -0.2) is 0 Å². The molecular formula is C72H102N4O9. The zero-order valence-electron chi connectivity index (χ0n) is 53.5. The first-order valence-electron chi connectivity index (χ1n) is 31.5. The number of rotatable bonds is 35. The Balaban J connectivity index is 0.939. The van der Waals surface area contributed by atoms with Crippen LogP contribution in [-0.2, 0) is 54.9 Å². The highest BCUT2D eigenvalue weighted by atomic mass is 16.5. The second-order valence-electron chi connectivity index (χ2n) is 25.9. The molecular weight excluding hydrogens is 1060 g/mol. The fourth-order valence-corrected chi connectivity index (χ4v) is 11.3. The Labute approximate surface area is 509 Å². The summed E-state index contributed by atoms with van der Waals surface area (Å²) in [5.74, 6) is -0.802. The van der Waals surface area contributed by atoms with Gasteiger partial charge in [-0.2, -0.15) is 0 Å². The van der Waals surface area contributed by atoms with Crippen molar-refractivity contribution in [3.63, 3.8) is 0 Å². The van der Waals surface area contributed by atoms with Gasteiger partial charge in [-0.15, -0.1) is 0 Å². The van der Waals surface area contributed by atoms with Crippen molar-refractivity contribution >= 4 is 46.9 Å². The quantitative estimate of drug-likeness (QED) is 0.0259. The van der Waals surface area contributed by atoms with Gasteiger partial charge in [0.15, 0.2) is 0 Å². The molecule has 13 heteroatoms. The number of carbonyl (C=O) groups is 4. The van der Waals surface area contributed by atoms with Crippen molar-refractivity contribution in [2.75, 3.05) is 85.7 Å². The van der Waals surface area contributed by atoms with E-state index in [9.17, 15) is 19.2 Å². The maximum Gasteiger partial charge on any atom is 0.251 e. The second-order valence-corrected chi connectivity index (χ2v) is 25.9. The minimum Gasteiger partial charge on any atom is -0.379 e. The molecule has 13 nitrogen and oxygen atoms in total. The molecule has 0 unspecified atom stereocenters. The Hall–Kier alpha value is -5.96. The van der Waals surface area contributed by atoms with Crippen LogP contribution in [0.2, 0.25) is 0 Å².